The second-order valence-corrected chi connectivity index (χ2v) is 26.4. The predicted octanol–water partition coefficient (Wildman–Crippen LogP) is 22.2. The van der Waals surface area contributed by atoms with Crippen molar-refractivity contribution in [2.24, 2.45) is 0 Å². The third-order valence-electron chi connectivity index (χ3n) is 18.1. The number of fused-ring (bicyclic) bond motifs is 26. The molecule has 16 aromatic rings. The summed E-state index contributed by atoms with van der Waals surface area (Å²) in [7, 11) is 0. The van der Waals surface area contributed by atoms with Crippen molar-refractivity contribution in [3.63, 3.8) is 0 Å². The molecule has 0 aliphatic heterocycles. The van der Waals surface area contributed by atoms with Crippen LogP contribution in [-0.2, 0) is 10.8 Å². The molecule has 0 saturated carbocycles. The fourth-order valence-electron chi connectivity index (χ4n) is 14.5. The van der Waals surface area contributed by atoms with Crippen molar-refractivity contribution in [1.29, 1.82) is 0 Å². The normalized spacial score (nSPS) is 13.7. The van der Waals surface area contributed by atoms with Gasteiger partial charge in [-0.05, 0) is 205 Å². The van der Waals surface area contributed by atoms with E-state index in [0.717, 1.165) is 20.1 Å². The number of hydrogen-bond acceptors (Lipinski definition) is 2. The van der Waals surface area contributed by atoms with Crippen LogP contribution in [0.5, 0.6) is 0 Å². The zero-order chi connectivity index (χ0) is 56.0. The highest BCUT2D eigenvalue weighted by Crippen LogP contribution is 2.56. The van der Waals surface area contributed by atoms with E-state index in [9.17, 15) is 0 Å². The van der Waals surface area contributed by atoms with E-state index >= 15 is 0 Å². The Morgan fingerprint density at radius 3 is 1.36 bits per heavy atom. The average Bonchev–Trinajstić information content (AvgIpc) is 1.97. The predicted molar refractivity (Wildman–Crippen MR) is 367 cm³/mol. The lowest BCUT2D eigenvalue weighted by Crippen LogP contribution is -2.16. The monoisotopic (exact) mass is 1300 g/mol. The first-order valence-electron chi connectivity index (χ1n) is 28.2. The molecule has 4 aromatic heterocycles. The van der Waals surface area contributed by atoms with E-state index in [-0.39, 0.29) is 10.8 Å². The summed E-state index contributed by atoms with van der Waals surface area (Å²) in [5, 5.41) is 20.7. The minimum Gasteiger partial charge on any atom is -0.354 e. The molecule has 0 amide bonds. The van der Waals surface area contributed by atoms with Gasteiger partial charge in [-0.2, -0.15) is 0 Å². The number of hydrogen-bond donors (Lipinski definition) is 1. The summed E-state index contributed by atoms with van der Waals surface area (Å²) in [4.78, 5) is 12.6. The molecule has 83 heavy (non-hydrogen) atoms. The molecule has 1 N–H and O–H groups in total. The third kappa shape index (κ3) is 7.59. The van der Waals surface area contributed by atoms with E-state index in [0.29, 0.717) is 0 Å². The fraction of sp³-hybridized carbons (Fsp3) is 0.0789. The van der Waals surface area contributed by atoms with Gasteiger partial charge in [-0.1, -0.05) is 193 Å². The largest absolute Gasteiger partial charge is 0.354 e. The van der Waals surface area contributed by atoms with Gasteiger partial charge < -0.3 is 9.55 Å². The van der Waals surface area contributed by atoms with Gasteiger partial charge in [-0.15, -0.1) is 0 Å². The molecule has 0 spiro atoms. The van der Waals surface area contributed by atoms with E-state index in [1.807, 2.05) is 36.9 Å². The summed E-state index contributed by atoms with van der Waals surface area (Å²) in [5.41, 5.74) is 16.6. The van der Waals surface area contributed by atoms with Gasteiger partial charge in [0.15, 0.2) is 0 Å². The maximum Gasteiger partial charge on any atom is 0.0588 e. The molecule has 0 bridgehead atoms. The van der Waals surface area contributed by atoms with Gasteiger partial charge in [0.1, 0.15) is 0 Å². The van der Waals surface area contributed by atoms with Crippen molar-refractivity contribution in [1.82, 2.24) is 19.5 Å². The lowest BCUT2D eigenvalue weighted by atomic mass is 9.80. The highest BCUT2D eigenvalue weighted by atomic mass is 127. The Morgan fingerprint density at radius 2 is 0.843 bits per heavy atom. The second kappa shape index (κ2) is 18.9. The first kappa shape index (κ1) is 50.5. The SMILES string of the molecule is Brc1cccc(I)c1.CC1(C)c2cc3c4ccccc4c4ccccc4c3cc2-c2ccc3c([nH]c4ccncc43)c21.CC1(C)c2cc3c4ccccc4c4ccccc4c3cc2-c2ccc3c4cnccc4n(-c4cccc(Br)c4)c3c21. The number of rotatable bonds is 1. The smallest absolute Gasteiger partial charge is 0.0588 e. The molecule has 2 aliphatic carbocycles. The number of H-pyrrole nitrogens is 1. The van der Waals surface area contributed by atoms with Crippen LogP contribution in [0.2, 0.25) is 0 Å². The van der Waals surface area contributed by atoms with Crippen LogP contribution in [0.15, 0.2) is 240 Å². The van der Waals surface area contributed by atoms with Crippen LogP contribution in [0, 0.1) is 3.57 Å². The number of halogens is 3. The first-order chi connectivity index (χ1) is 40.4. The maximum absolute atomic E-state index is 4.53. The van der Waals surface area contributed by atoms with Gasteiger partial charge in [-0.3, -0.25) is 9.97 Å². The van der Waals surface area contributed by atoms with Crippen LogP contribution in [-0.4, -0.2) is 19.5 Å². The fourth-order valence-corrected chi connectivity index (χ4v) is 16.2. The molecule has 0 unspecified atom stereocenters. The Morgan fingerprint density at radius 1 is 0.386 bits per heavy atom. The molecule has 7 heteroatoms. The summed E-state index contributed by atoms with van der Waals surface area (Å²) in [6, 6.07) is 75.5. The van der Waals surface area contributed by atoms with Crippen LogP contribution >= 0.6 is 54.5 Å². The lowest BCUT2D eigenvalue weighted by molar-refractivity contribution is 0.664. The minimum atomic E-state index is -0.198. The Kier molecular flexibility index (Phi) is 11.5. The number of aromatic nitrogens is 4. The van der Waals surface area contributed by atoms with Crippen molar-refractivity contribution < 1.29 is 0 Å². The van der Waals surface area contributed by atoms with Crippen LogP contribution in [0.4, 0.5) is 0 Å². The first-order valence-corrected chi connectivity index (χ1v) is 30.8. The van der Waals surface area contributed by atoms with Crippen molar-refractivity contribution in [3.8, 4) is 27.9 Å². The Hall–Kier alpha value is -8.21. The number of nitrogens with zero attached hydrogens (tertiary/aromatic N) is 3. The van der Waals surface area contributed by atoms with Gasteiger partial charge in [0.2, 0.25) is 0 Å². The number of pyridine rings is 2. The van der Waals surface area contributed by atoms with Crippen LogP contribution < -0.4 is 0 Å². The lowest BCUT2D eigenvalue weighted by Gasteiger charge is -2.24. The Bertz CT molecular complexity index is 5440. The quantitative estimate of drug-likeness (QED) is 0.132. The molecule has 4 heterocycles. The molecule has 18 rings (SSSR count). The third-order valence-corrected chi connectivity index (χ3v) is 19.8. The number of nitrogens with one attached hydrogen (secondary N) is 1. The highest BCUT2D eigenvalue weighted by Gasteiger charge is 2.40. The van der Waals surface area contributed by atoms with E-state index in [4.69, 9.17) is 0 Å². The Balaban J connectivity index is 0.000000122. The number of aromatic amines is 1. The van der Waals surface area contributed by atoms with E-state index in [1.165, 1.54) is 151 Å². The van der Waals surface area contributed by atoms with Crippen molar-refractivity contribution >= 4 is 163 Å². The maximum atomic E-state index is 4.53. The van der Waals surface area contributed by atoms with E-state index < -0.39 is 0 Å². The van der Waals surface area contributed by atoms with Crippen molar-refractivity contribution in [3.05, 3.63) is 266 Å². The average molecular weight is 1310 g/mol. The molecular formula is C76H51Br2IN4. The highest BCUT2D eigenvalue weighted by molar-refractivity contribution is 14.1. The zero-order valence-corrected chi connectivity index (χ0v) is 51.2. The number of benzene rings is 12. The molecular weight excluding hydrogens is 1260 g/mol. The minimum absolute atomic E-state index is 0.112. The second-order valence-electron chi connectivity index (χ2n) is 23.3. The van der Waals surface area contributed by atoms with Gasteiger partial charge in [0.25, 0.3) is 0 Å². The van der Waals surface area contributed by atoms with Crippen LogP contribution in [0.1, 0.15) is 49.9 Å². The van der Waals surface area contributed by atoms with Crippen LogP contribution in [0.3, 0.4) is 0 Å². The molecule has 0 radical (unpaired) electrons. The molecule has 12 aromatic carbocycles. The van der Waals surface area contributed by atoms with Crippen molar-refractivity contribution in [2.45, 2.75) is 38.5 Å². The van der Waals surface area contributed by atoms with Crippen molar-refractivity contribution in [2.75, 3.05) is 0 Å². The molecule has 4 nitrogen and oxygen atoms in total. The molecule has 0 atom stereocenters. The van der Waals surface area contributed by atoms with E-state index in [2.05, 4.69) is 296 Å². The van der Waals surface area contributed by atoms with Crippen LogP contribution in [0.25, 0.3) is 136 Å². The Labute approximate surface area is 510 Å². The van der Waals surface area contributed by atoms with Gasteiger partial charge in [0, 0.05) is 80.9 Å². The zero-order valence-electron chi connectivity index (χ0n) is 45.9. The molecule has 396 valence electrons. The molecule has 0 fully saturated rings. The molecule has 2 aliphatic rings. The molecule has 0 saturated heterocycles. The van der Waals surface area contributed by atoms with Gasteiger partial charge in [0.05, 0.1) is 16.6 Å². The summed E-state index contributed by atoms with van der Waals surface area (Å²) in [6.45, 7) is 9.53. The standard InChI is InChI=1S/C38H25BrN2.C32H22N2.C6H4BrI/c1-38(2)34-20-31-27-13-6-4-11-25(27)24-10-3-5-12-26(24)30(31)19-32(34)28-14-15-29-33-21-40-17-16-35(33)41(37(29)36(28)38)23-9-7-8-22(39)18-23;1-32(2)28-16-25-21-10-6-4-8-19(21)18-7-3-5-9-20(18)24(25)15-26(28)22-11-12-23-27-17-33-14-13-29(27)34-31(23)30(22)32;7-5-2-1-3-6(8)4-5/h3-21H,1-2H3;3-17,34H,1-2H3;1-4H. The summed E-state index contributed by atoms with van der Waals surface area (Å²) < 4.78 is 5.91. The van der Waals surface area contributed by atoms with Gasteiger partial charge in [-0.25, -0.2) is 0 Å². The summed E-state index contributed by atoms with van der Waals surface area (Å²) in [5.74, 6) is 0. The van der Waals surface area contributed by atoms with E-state index in [1.54, 1.807) is 0 Å². The van der Waals surface area contributed by atoms with Gasteiger partial charge >= 0.3 is 0 Å². The topological polar surface area (TPSA) is 46.5 Å². The summed E-state index contributed by atoms with van der Waals surface area (Å²) in [6.07, 6.45) is 7.75. The summed E-state index contributed by atoms with van der Waals surface area (Å²) >= 11 is 9.36.